The molecular weight excluding hydrogens is 282 g/mol. The maximum absolute atomic E-state index is 4.88. The van der Waals surface area contributed by atoms with Crippen molar-refractivity contribution in [2.45, 2.75) is 0 Å². The van der Waals surface area contributed by atoms with Crippen LogP contribution in [0.1, 0.15) is 0 Å². The summed E-state index contributed by atoms with van der Waals surface area (Å²) >= 11 is 0. The minimum Gasteiger partial charge on any atom is -0.338 e. The molecule has 0 amide bonds. The van der Waals surface area contributed by atoms with Gasteiger partial charge in [0.25, 0.3) is 0 Å². The van der Waals surface area contributed by atoms with Gasteiger partial charge in [0.1, 0.15) is 5.69 Å². The zero-order valence-electron chi connectivity index (χ0n) is 12.3. The molecular formula is C20H13N3. The van der Waals surface area contributed by atoms with Gasteiger partial charge in [0.15, 0.2) is 5.82 Å². The van der Waals surface area contributed by atoms with Gasteiger partial charge in [-0.3, -0.25) is 0 Å². The highest BCUT2D eigenvalue weighted by Gasteiger charge is 2.20. The van der Waals surface area contributed by atoms with Crippen molar-refractivity contribution in [2.75, 3.05) is 5.32 Å². The highest BCUT2D eigenvalue weighted by atomic mass is 15.0. The summed E-state index contributed by atoms with van der Waals surface area (Å²) in [6.07, 6.45) is 0. The molecule has 0 fully saturated rings. The van der Waals surface area contributed by atoms with Crippen LogP contribution in [-0.4, -0.2) is 9.97 Å². The fourth-order valence-corrected chi connectivity index (χ4v) is 3.15. The van der Waals surface area contributed by atoms with Gasteiger partial charge in [-0.25, -0.2) is 9.97 Å². The summed E-state index contributed by atoms with van der Waals surface area (Å²) in [5.41, 5.74) is 7.23. The van der Waals surface area contributed by atoms with Crippen LogP contribution < -0.4 is 5.32 Å². The molecule has 2 heterocycles. The van der Waals surface area contributed by atoms with Gasteiger partial charge >= 0.3 is 0 Å². The summed E-state index contributed by atoms with van der Waals surface area (Å²) < 4.78 is 0. The van der Waals surface area contributed by atoms with Crippen LogP contribution in [0.3, 0.4) is 0 Å². The van der Waals surface area contributed by atoms with E-state index >= 15 is 0 Å². The second kappa shape index (κ2) is 4.65. The Morgan fingerprint density at radius 1 is 0.565 bits per heavy atom. The Kier molecular flexibility index (Phi) is 2.50. The van der Waals surface area contributed by atoms with E-state index in [4.69, 9.17) is 9.97 Å². The van der Waals surface area contributed by atoms with E-state index in [0.717, 1.165) is 33.8 Å². The first kappa shape index (κ1) is 12.4. The number of hydrogen-bond acceptors (Lipinski definition) is 3. The molecule has 1 aliphatic rings. The number of para-hydroxylation sites is 3. The first-order valence-electron chi connectivity index (χ1n) is 7.63. The van der Waals surface area contributed by atoms with E-state index in [0.29, 0.717) is 0 Å². The number of aromatic nitrogens is 2. The molecule has 1 aromatic heterocycles. The minimum atomic E-state index is 0.807. The number of benzene rings is 3. The largest absolute Gasteiger partial charge is 0.338 e. The normalized spacial score (nSPS) is 11.8. The molecule has 108 valence electrons. The molecule has 0 aliphatic carbocycles. The number of nitrogens with zero attached hydrogens (tertiary/aromatic N) is 2. The lowest BCUT2D eigenvalue weighted by Crippen LogP contribution is -1.98. The molecule has 1 aliphatic heterocycles. The van der Waals surface area contributed by atoms with Gasteiger partial charge < -0.3 is 5.32 Å². The molecule has 3 heteroatoms. The lowest BCUT2D eigenvalue weighted by atomic mass is 9.97. The number of fused-ring (bicyclic) bond motifs is 6. The minimum absolute atomic E-state index is 0.807. The lowest BCUT2D eigenvalue weighted by Gasteiger charge is -2.09. The van der Waals surface area contributed by atoms with Crippen molar-refractivity contribution in [3.63, 3.8) is 0 Å². The first-order valence-corrected chi connectivity index (χ1v) is 7.63. The van der Waals surface area contributed by atoms with Gasteiger partial charge in [-0.15, -0.1) is 0 Å². The molecule has 5 rings (SSSR count). The van der Waals surface area contributed by atoms with Crippen molar-refractivity contribution in [1.29, 1.82) is 0 Å². The molecule has 0 saturated heterocycles. The van der Waals surface area contributed by atoms with Gasteiger partial charge in [-0.2, -0.15) is 0 Å². The standard InChI is InChI=1S/C20H13N3/c1-2-9-15-13(7-1)14-8-3-4-10-16(14)22-20-19(15)21-17-11-5-6-12-18(17)23-20/h1-12H,(H,22,23). The third kappa shape index (κ3) is 1.83. The Balaban J connectivity index is 1.92. The van der Waals surface area contributed by atoms with Crippen molar-refractivity contribution < 1.29 is 0 Å². The predicted octanol–water partition coefficient (Wildman–Crippen LogP) is 5.02. The highest BCUT2D eigenvalue weighted by molar-refractivity contribution is 5.97. The Morgan fingerprint density at radius 2 is 1.17 bits per heavy atom. The van der Waals surface area contributed by atoms with Gasteiger partial charge in [-0.05, 0) is 23.8 Å². The van der Waals surface area contributed by atoms with Crippen molar-refractivity contribution in [3.8, 4) is 22.4 Å². The van der Waals surface area contributed by atoms with E-state index in [2.05, 4.69) is 41.7 Å². The Labute approximate surface area is 133 Å². The summed E-state index contributed by atoms with van der Waals surface area (Å²) in [7, 11) is 0. The molecule has 4 aromatic rings. The Bertz CT molecular complexity index is 1050. The third-order valence-electron chi connectivity index (χ3n) is 4.22. The molecule has 0 radical (unpaired) electrons. The van der Waals surface area contributed by atoms with Crippen LogP contribution in [0.5, 0.6) is 0 Å². The quantitative estimate of drug-likeness (QED) is 0.436. The molecule has 3 aromatic carbocycles. The average molecular weight is 295 g/mol. The van der Waals surface area contributed by atoms with Gasteiger partial charge in [-0.1, -0.05) is 54.6 Å². The van der Waals surface area contributed by atoms with E-state index in [9.17, 15) is 0 Å². The summed E-state index contributed by atoms with van der Waals surface area (Å²) in [6.45, 7) is 0. The van der Waals surface area contributed by atoms with Gasteiger partial charge in [0, 0.05) is 16.8 Å². The zero-order chi connectivity index (χ0) is 15.2. The van der Waals surface area contributed by atoms with E-state index in [1.54, 1.807) is 0 Å². The van der Waals surface area contributed by atoms with Crippen LogP contribution >= 0.6 is 0 Å². The Morgan fingerprint density at radius 3 is 2.00 bits per heavy atom. The van der Waals surface area contributed by atoms with E-state index in [1.807, 2.05) is 36.4 Å². The number of nitrogens with one attached hydrogen (secondary N) is 1. The van der Waals surface area contributed by atoms with Crippen LogP contribution in [0.25, 0.3) is 33.4 Å². The molecule has 23 heavy (non-hydrogen) atoms. The summed E-state index contributed by atoms with van der Waals surface area (Å²) in [4.78, 5) is 9.68. The van der Waals surface area contributed by atoms with Gasteiger partial charge in [0.2, 0.25) is 0 Å². The summed E-state index contributed by atoms with van der Waals surface area (Å²) in [6, 6.07) is 24.7. The van der Waals surface area contributed by atoms with Gasteiger partial charge in [0.05, 0.1) is 11.0 Å². The third-order valence-corrected chi connectivity index (χ3v) is 4.22. The van der Waals surface area contributed by atoms with Crippen molar-refractivity contribution in [3.05, 3.63) is 72.8 Å². The van der Waals surface area contributed by atoms with E-state index in [-0.39, 0.29) is 0 Å². The monoisotopic (exact) mass is 295 g/mol. The second-order valence-electron chi connectivity index (χ2n) is 5.63. The molecule has 3 nitrogen and oxygen atoms in total. The van der Waals surface area contributed by atoms with E-state index < -0.39 is 0 Å². The Hall–Kier alpha value is -3.20. The van der Waals surface area contributed by atoms with Crippen molar-refractivity contribution in [2.24, 2.45) is 0 Å². The van der Waals surface area contributed by atoms with Crippen LogP contribution in [0, 0.1) is 0 Å². The molecule has 0 bridgehead atoms. The molecule has 0 atom stereocenters. The maximum Gasteiger partial charge on any atom is 0.157 e. The predicted molar refractivity (Wildman–Crippen MR) is 93.7 cm³/mol. The average Bonchev–Trinajstić information content (AvgIpc) is 2.74. The number of hydrogen-bond donors (Lipinski definition) is 1. The molecule has 0 unspecified atom stereocenters. The smallest absolute Gasteiger partial charge is 0.157 e. The maximum atomic E-state index is 4.88. The topological polar surface area (TPSA) is 37.8 Å². The van der Waals surface area contributed by atoms with Crippen LogP contribution in [0.4, 0.5) is 11.5 Å². The fourth-order valence-electron chi connectivity index (χ4n) is 3.15. The second-order valence-corrected chi connectivity index (χ2v) is 5.63. The number of anilines is 2. The highest BCUT2D eigenvalue weighted by Crippen LogP contribution is 2.42. The molecule has 1 N–H and O–H groups in total. The summed E-state index contributed by atoms with van der Waals surface area (Å²) in [5.74, 6) is 0.807. The molecule has 0 saturated carbocycles. The number of rotatable bonds is 0. The van der Waals surface area contributed by atoms with Crippen LogP contribution in [0.15, 0.2) is 72.8 Å². The van der Waals surface area contributed by atoms with Crippen molar-refractivity contribution in [1.82, 2.24) is 9.97 Å². The summed E-state index contributed by atoms with van der Waals surface area (Å²) in [5, 5.41) is 3.47. The SMILES string of the molecule is c1ccc2c(c1)Nc1nc3ccccc3nc1-c1ccccc1-2. The van der Waals surface area contributed by atoms with Crippen LogP contribution in [0.2, 0.25) is 0 Å². The van der Waals surface area contributed by atoms with E-state index in [1.165, 1.54) is 11.1 Å². The molecule has 0 spiro atoms. The zero-order valence-corrected chi connectivity index (χ0v) is 12.3. The first-order chi connectivity index (χ1) is 11.4. The van der Waals surface area contributed by atoms with Crippen molar-refractivity contribution >= 4 is 22.5 Å². The van der Waals surface area contributed by atoms with Crippen LogP contribution in [-0.2, 0) is 0 Å². The fraction of sp³-hybridized carbons (Fsp3) is 0. The lowest BCUT2D eigenvalue weighted by molar-refractivity contribution is 1.29.